The summed E-state index contributed by atoms with van der Waals surface area (Å²) in [6, 6.07) is 20.1. The molecule has 364 valence electrons. The number of aromatic nitrogens is 1. The van der Waals surface area contributed by atoms with Crippen LogP contribution in [0.3, 0.4) is 0 Å². The third-order valence-corrected chi connectivity index (χ3v) is 14.5. The number of carbonyl (C=O) groups excluding carboxylic acids is 4. The first-order chi connectivity index (χ1) is 32.1. The summed E-state index contributed by atoms with van der Waals surface area (Å²) < 4.78 is 12.1. The van der Waals surface area contributed by atoms with Crippen LogP contribution in [-0.2, 0) is 19.1 Å². The number of thiazole rings is 1. The summed E-state index contributed by atoms with van der Waals surface area (Å²) >= 11 is 7.81. The molecular weight excluding hydrogens is 902 g/mol. The highest BCUT2D eigenvalue weighted by Crippen LogP contribution is 2.55. The lowest BCUT2D eigenvalue weighted by atomic mass is 9.49. The van der Waals surface area contributed by atoms with Crippen molar-refractivity contribution in [3.8, 4) is 22.3 Å². The Balaban J connectivity index is 0.887. The standard InChI is InChI=1S/C52H66ClN7O7S/c1-31(33-13-15-34(16-14-33)43-32(2)56-30-68-43)57-46(64)41-25-38(61)28-60(41)47(65)44(50(3,4)5)58-42(62)29-66-24-12-10-11-23-55-37-20-17-35(18-21-37)45(63)59-48-51(6,7)49(52(48,8)9)67-39-22-19-36(27-54)40(53)26-39/h13-22,26,30-31,38,41,44,48-49,55,61H,10-12,23-25,28-29H2,1-9H3,(H,57,64)(H,58,62)(H,59,63)/t31-,38+,41-,44-,48?,49?/m0/s1. The van der Waals surface area contributed by atoms with E-state index in [4.69, 9.17) is 21.1 Å². The number of nitrogens with one attached hydrogen (secondary N) is 4. The van der Waals surface area contributed by atoms with Gasteiger partial charge in [-0.3, -0.25) is 19.2 Å². The van der Waals surface area contributed by atoms with Crippen molar-refractivity contribution in [3.63, 3.8) is 0 Å². The van der Waals surface area contributed by atoms with E-state index in [0.717, 1.165) is 46.6 Å². The number of amides is 4. The summed E-state index contributed by atoms with van der Waals surface area (Å²) in [5.74, 6) is -0.820. The van der Waals surface area contributed by atoms with Gasteiger partial charge in [0.05, 0.1) is 38.8 Å². The lowest BCUT2D eigenvalue weighted by Crippen LogP contribution is -2.74. The molecule has 4 atom stereocenters. The molecule has 0 spiro atoms. The molecule has 2 heterocycles. The van der Waals surface area contributed by atoms with Crippen LogP contribution in [-0.4, -0.2) is 95.3 Å². The minimum absolute atomic E-state index is 0.0135. The van der Waals surface area contributed by atoms with Crippen molar-refractivity contribution in [2.24, 2.45) is 16.2 Å². The van der Waals surface area contributed by atoms with Gasteiger partial charge in [-0.05, 0) is 86.1 Å². The number of anilines is 1. The van der Waals surface area contributed by atoms with E-state index in [9.17, 15) is 29.5 Å². The van der Waals surface area contributed by atoms with Gasteiger partial charge in [-0.1, -0.05) is 84.3 Å². The molecule has 68 heavy (non-hydrogen) atoms. The highest BCUT2D eigenvalue weighted by Gasteiger charge is 2.64. The van der Waals surface area contributed by atoms with Crippen molar-refractivity contribution in [2.45, 2.75) is 124 Å². The van der Waals surface area contributed by atoms with Gasteiger partial charge < -0.3 is 40.7 Å². The Morgan fingerprint density at radius 2 is 1.68 bits per heavy atom. The van der Waals surface area contributed by atoms with Crippen LogP contribution in [0.2, 0.25) is 5.02 Å². The van der Waals surface area contributed by atoms with Gasteiger partial charge in [0.2, 0.25) is 17.7 Å². The number of aliphatic hydroxyl groups is 1. The lowest BCUT2D eigenvalue weighted by Gasteiger charge is -2.63. The van der Waals surface area contributed by atoms with Gasteiger partial charge in [0.1, 0.15) is 36.6 Å². The normalized spacial score (nSPS) is 20.3. The minimum Gasteiger partial charge on any atom is -0.489 e. The van der Waals surface area contributed by atoms with E-state index in [2.05, 4.69) is 60.0 Å². The molecule has 1 saturated heterocycles. The zero-order valence-electron chi connectivity index (χ0n) is 40.6. The second kappa shape index (κ2) is 21.8. The predicted molar refractivity (Wildman–Crippen MR) is 265 cm³/mol. The van der Waals surface area contributed by atoms with Crippen LogP contribution < -0.4 is 26.0 Å². The molecule has 6 rings (SSSR count). The average Bonchev–Trinajstić information content (AvgIpc) is 3.91. The molecule has 0 bridgehead atoms. The number of benzene rings is 3. The van der Waals surface area contributed by atoms with Crippen molar-refractivity contribution in [3.05, 3.63) is 99.6 Å². The van der Waals surface area contributed by atoms with Crippen molar-refractivity contribution in [2.75, 3.05) is 31.6 Å². The molecule has 1 saturated carbocycles. The summed E-state index contributed by atoms with van der Waals surface area (Å²) in [5.41, 5.74) is 5.11. The fourth-order valence-electron chi connectivity index (χ4n) is 9.67. The van der Waals surface area contributed by atoms with Gasteiger partial charge in [0.25, 0.3) is 5.91 Å². The summed E-state index contributed by atoms with van der Waals surface area (Å²) in [6.07, 6.45) is 1.46. The van der Waals surface area contributed by atoms with Crippen molar-refractivity contribution in [1.82, 2.24) is 25.8 Å². The first-order valence-electron chi connectivity index (χ1n) is 23.3. The van der Waals surface area contributed by atoms with Gasteiger partial charge in [0.15, 0.2) is 0 Å². The second-order valence-corrected chi connectivity index (χ2v) is 21.6. The van der Waals surface area contributed by atoms with Gasteiger partial charge in [-0.2, -0.15) is 5.26 Å². The molecule has 0 unspecified atom stereocenters. The summed E-state index contributed by atoms with van der Waals surface area (Å²) in [7, 11) is 0. The molecule has 0 radical (unpaired) electrons. The molecule has 5 N–H and O–H groups in total. The molecular formula is C52H66ClN7O7S. The van der Waals surface area contributed by atoms with Crippen molar-refractivity contribution >= 4 is 52.3 Å². The first kappa shape index (κ1) is 51.9. The summed E-state index contributed by atoms with van der Waals surface area (Å²) in [5, 5.41) is 32.7. The Labute approximate surface area is 409 Å². The van der Waals surface area contributed by atoms with Crippen LogP contribution >= 0.6 is 22.9 Å². The number of nitrogens with zero attached hydrogens (tertiary/aromatic N) is 3. The highest BCUT2D eigenvalue weighted by atomic mass is 35.5. The van der Waals surface area contributed by atoms with Gasteiger partial charge in [-0.25, -0.2) is 4.98 Å². The third-order valence-electron chi connectivity index (χ3n) is 13.2. The number of β-amino-alcohol motifs (C(OH)–C–C–N with tert-alkyl or cyclic N) is 1. The first-order valence-corrected chi connectivity index (χ1v) is 24.5. The van der Waals surface area contributed by atoms with Crippen molar-refractivity contribution < 1.29 is 33.8 Å². The zero-order valence-corrected chi connectivity index (χ0v) is 42.1. The van der Waals surface area contributed by atoms with Gasteiger partial charge in [-0.15, -0.1) is 11.3 Å². The molecule has 16 heteroatoms. The Bertz CT molecular complexity index is 2450. The number of rotatable bonds is 19. The molecule has 14 nitrogen and oxygen atoms in total. The van der Waals surface area contributed by atoms with Crippen LogP contribution in [0.25, 0.3) is 10.4 Å². The van der Waals surface area contributed by atoms with E-state index in [1.807, 2.05) is 76.5 Å². The molecule has 3 aromatic carbocycles. The number of ether oxygens (including phenoxy) is 2. The number of nitriles is 1. The number of hydrogen-bond donors (Lipinski definition) is 5. The van der Waals surface area contributed by atoms with E-state index in [1.54, 1.807) is 41.7 Å². The molecule has 2 aliphatic rings. The molecule has 4 amide bonds. The Morgan fingerprint density at radius 1 is 0.985 bits per heavy atom. The van der Waals surface area contributed by atoms with E-state index in [0.29, 0.717) is 35.1 Å². The maximum absolute atomic E-state index is 14.1. The fourth-order valence-corrected chi connectivity index (χ4v) is 10.7. The molecule has 1 aliphatic carbocycles. The number of halogens is 1. The van der Waals surface area contributed by atoms with Crippen LogP contribution in [0.5, 0.6) is 5.75 Å². The fraction of sp³-hybridized carbons (Fsp3) is 0.500. The summed E-state index contributed by atoms with van der Waals surface area (Å²) in [6.45, 7) is 18.5. The van der Waals surface area contributed by atoms with Crippen LogP contribution in [0.1, 0.15) is 114 Å². The predicted octanol–water partition coefficient (Wildman–Crippen LogP) is 8.22. The SMILES string of the molecule is Cc1ncsc1-c1ccc([C@H](C)NC(=O)[C@@H]2C[C@@H](O)CN2C(=O)[C@H](NC(=O)COCCCCCNc2ccc(C(=O)NC3C(C)(C)C(Oc4ccc(C#N)c(Cl)c4)C3(C)C)cc2)C(C)(C)C)cc1. The monoisotopic (exact) mass is 967 g/mol. The van der Waals surface area contributed by atoms with Crippen LogP contribution in [0.15, 0.2) is 72.2 Å². The van der Waals surface area contributed by atoms with E-state index in [1.165, 1.54) is 4.90 Å². The minimum atomic E-state index is -0.952. The third kappa shape index (κ3) is 12.2. The molecule has 4 aromatic rings. The lowest BCUT2D eigenvalue weighted by molar-refractivity contribution is -0.164. The van der Waals surface area contributed by atoms with Crippen LogP contribution in [0, 0.1) is 34.5 Å². The molecule has 1 aromatic heterocycles. The van der Waals surface area contributed by atoms with Crippen LogP contribution in [0.4, 0.5) is 5.69 Å². The Morgan fingerprint density at radius 3 is 2.29 bits per heavy atom. The van der Waals surface area contributed by atoms with Crippen molar-refractivity contribution in [1.29, 1.82) is 5.26 Å². The number of hydrogen-bond acceptors (Lipinski definition) is 11. The largest absolute Gasteiger partial charge is 0.489 e. The molecule has 1 aliphatic heterocycles. The summed E-state index contributed by atoms with van der Waals surface area (Å²) in [4.78, 5) is 61.0. The zero-order chi connectivity index (χ0) is 49.6. The number of likely N-dealkylation sites (tertiary alicyclic amines) is 1. The van der Waals surface area contributed by atoms with Gasteiger partial charge >= 0.3 is 0 Å². The number of carbonyl (C=O) groups is 4. The molecule has 2 fully saturated rings. The maximum atomic E-state index is 14.1. The number of aryl methyl sites for hydroxylation is 1. The second-order valence-electron chi connectivity index (χ2n) is 20.3. The van der Waals surface area contributed by atoms with E-state index >= 15 is 0 Å². The van der Waals surface area contributed by atoms with E-state index < -0.39 is 35.4 Å². The average molecular weight is 969 g/mol. The number of aliphatic hydroxyl groups excluding tert-OH is 1. The van der Waals surface area contributed by atoms with E-state index in [-0.39, 0.29) is 60.4 Å². The Kier molecular flexibility index (Phi) is 16.6. The topological polar surface area (TPSA) is 195 Å². The quantitative estimate of drug-likeness (QED) is 0.0572. The highest BCUT2D eigenvalue weighted by molar-refractivity contribution is 7.13. The number of unbranched alkanes of at least 4 members (excludes halogenated alkanes) is 2. The van der Waals surface area contributed by atoms with Gasteiger partial charge in [0, 0.05) is 60.3 Å². The Hall–Kier alpha value is -5.53. The maximum Gasteiger partial charge on any atom is 0.251 e. The smallest absolute Gasteiger partial charge is 0.251 e.